The van der Waals surface area contributed by atoms with E-state index in [1.54, 1.807) is 0 Å². The fourth-order valence-corrected chi connectivity index (χ4v) is 1.51. The Hall–Kier alpha value is -1.88. The van der Waals surface area contributed by atoms with Gasteiger partial charge in [0.1, 0.15) is 6.33 Å². The molecule has 0 amide bonds. The number of benzene rings is 1. The van der Waals surface area contributed by atoms with Gasteiger partial charge in [0.2, 0.25) is 0 Å². The van der Waals surface area contributed by atoms with Gasteiger partial charge in [-0.15, -0.1) is 0 Å². The third-order valence-electron chi connectivity index (χ3n) is 2.41. The molecule has 2 aromatic rings. The van der Waals surface area contributed by atoms with Gasteiger partial charge in [0.25, 0.3) is 0 Å². The molecule has 1 unspecified atom stereocenters. The van der Waals surface area contributed by atoms with Crippen molar-refractivity contribution >= 4 is 0 Å². The smallest absolute Gasteiger partial charge is 0.162 e. The first kappa shape index (κ1) is 11.6. The predicted molar refractivity (Wildman–Crippen MR) is 57.1 cm³/mol. The third-order valence-corrected chi connectivity index (χ3v) is 2.41. The SMILES string of the molecule is OC(Cc1cccc(F)c1F)c1cncnc1. The van der Waals surface area contributed by atoms with Crippen LogP contribution >= 0.6 is 0 Å². The van der Waals surface area contributed by atoms with Crippen LogP contribution in [0, 0.1) is 11.6 Å². The molecular weight excluding hydrogens is 226 g/mol. The molecule has 1 aromatic carbocycles. The Morgan fingerprint density at radius 1 is 1.18 bits per heavy atom. The Labute approximate surface area is 96.8 Å². The van der Waals surface area contributed by atoms with Crippen LogP contribution in [0.2, 0.25) is 0 Å². The van der Waals surface area contributed by atoms with Crippen molar-refractivity contribution in [1.29, 1.82) is 0 Å². The van der Waals surface area contributed by atoms with E-state index in [-0.39, 0.29) is 12.0 Å². The van der Waals surface area contributed by atoms with Crippen molar-refractivity contribution in [2.24, 2.45) is 0 Å². The van der Waals surface area contributed by atoms with Gasteiger partial charge in [0, 0.05) is 24.4 Å². The van der Waals surface area contributed by atoms with Crippen LogP contribution in [0.4, 0.5) is 8.78 Å². The normalized spacial score (nSPS) is 12.4. The lowest BCUT2D eigenvalue weighted by Gasteiger charge is -2.10. The Balaban J connectivity index is 2.19. The Morgan fingerprint density at radius 3 is 2.59 bits per heavy atom. The van der Waals surface area contributed by atoms with Crippen LogP contribution in [-0.4, -0.2) is 15.1 Å². The molecule has 0 fully saturated rings. The van der Waals surface area contributed by atoms with Crippen LogP contribution in [0.25, 0.3) is 0 Å². The molecule has 1 atom stereocenters. The molecule has 0 spiro atoms. The zero-order valence-electron chi connectivity index (χ0n) is 8.85. The van der Waals surface area contributed by atoms with Crippen molar-refractivity contribution in [2.45, 2.75) is 12.5 Å². The maximum absolute atomic E-state index is 13.4. The van der Waals surface area contributed by atoms with Gasteiger partial charge in [-0.3, -0.25) is 0 Å². The number of rotatable bonds is 3. The second-order valence-electron chi connectivity index (χ2n) is 3.60. The number of halogens is 2. The zero-order valence-corrected chi connectivity index (χ0v) is 8.85. The summed E-state index contributed by atoms with van der Waals surface area (Å²) >= 11 is 0. The minimum atomic E-state index is -0.951. The molecule has 0 aliphatic heterocycles. The van der Waals surface area contributed by atoms with E-state index in [2.05, 4.69) is 9.97 Å². The van der Waals surface area contributed by atoms with Crippen LogP contribution < -0.4 is 0 Å². The van der Waals surface area contributed by atoms with E-state index in [9.17, 15) is 13.9 Å². The van der Waals surface area contributed by atoms with Crippen LogP contribution in [-0.2, 0) is 6.42 Å². The molecule has 0 bridgehead atoms. The van der Waals surface area contributed by atoms with Gasteiger partial charge >= 0.3 is 0 Å². The summed E-state index contributed by atoms with van der Waals surface area (Å²) in [6, 6.07) is 3.88. The summed E-state index contributed by atoms with van der Waals surface area (Å²) in [4.78, 5) is 7.50. The summed E-state index contributed by atoms with van der Waals surface area (Å²) < 4.78 is 26.3. The first-order chi connectivity index (χ1) is 8.18. The van der Waals surface area contributed by atoms with Gasteiger partial charge in [-0.05, 0) is 11.6 Å². The summed E-state index contributed by atoms with van der Waals surface area (Å²) in [6.07, 6.45) is 3.24. The molecule has 0 saturated heterocycles. The lowest BCUT2D eigenvalue weighted by molar-refractivity contribution is 0.176. The number of aromatic nitrogens is 2. The minimum absolute atomic E-state index is 0.0169. The average molecular weight is 236 g/mol. The fourth-order valence-electron chi connectivity index (χ4n) is 1.51. The lowest BCUT2D eigenvalue weighted by Crippen LogP contribution is -2.05. The number of nitrogens with zero attached hydrogens (tertiary/aromatic N) is 2. The topological polar surface area (TPSA) is 46.0 Å². The molecule has 2 rings (SSSR count). The van der Waals surface area contributed by atoms with Crippen molar-refractivity contribution in [3.05, 3.63) is 59.7 Å². The van der Waals surface area contributed by atoms with Gasteiger partial charge in [-0.25, -0.2) is 18.7 Å². The number of aliphatic hydroxyl groups is 1. The lowest BCUT2D eigenvalue weighted by atomic mass is 10.0. The Bertz CT molecular complexity index is 505. The second kappa shape index (κ2) is 4.97. The van der Waals surface area contributed by atoms with E-state index in [1.807, 2.05) is 0 Å². The highest BCUT2D eigenvalue weighted by atomic mass is 19.2. The van der Waals surface area contributed by atoms with Gasteiger partial charge in [-0.2, -0.15) is 0 Å². The first-order valence-corrected chi connectivity index (χ1v) is 5.04. The van der Waals surface area contributed by atoms with Crippen molar-refractivity contribution in [3.63, 3.8) is 0 Å². The van der Waals surface area contributed by atoms with Crippen molar-refractivity contribution in [2.75, 3.05) is 0 Å². The van der Waals surface area contributed by atoms with E-state index in [0.29, 0.717) is 5.56 Å². The molecule has 88 valence electrons. The molecule has 1 aromatic heterocycles. The minimum Gasteiger partial charge on any atom is -0.388 e. The summed E-state index contributed by atoms with van der Waals surface area (Å²) in [7, 11) is 0. The number of aliphatic hydroxyl groups excluding tert-OH is 1. The molecule has 0 saturated carbocycles. The van der Waals surface area contributed by atoms with Gasteiger partial charge in [0.05, 0.1) is 6.10 Å². The predicted octanol–water partition coefficient (Wildman–Crippen LogP) is 2.03. The molecule has 0 aliphatic rings. The van der Waals surface area contributed by atoms with E-state index in [1.165, 1.54) is 30.9 Å². The van der Waals surface area contributed by atoms with Crippen LogP contribution in [0.15, 0.2) is 36.9 Å². The van der Waals surface area contributed by atoms with Gasteiger partial charge in [-0.1, -0.05) is 12.1 Å². The maximum Gasteiger partial charge on any atom is 0.162 e. The summed E-state index contributed by atoms with van der Waals surface area (Å²) in [6.45, 7) is 0. The summed E-state index contributed by atoms with van der Waals surface area (Å²) in [5.41, 5.74) is 0.595. The number of hydrogen-bond acceptors (Lipinski definition) is 3. The highest BCUT2D eigenvalue weighted by Gasteiger charge is 2.14. The molecular formula is C12H10F2N2O. The van der Waals surface area contributed by atoms with E-state index in [4.69, 9.17) is 0 Å². The van der Waals surface area contributed by atoms with Gasteiger partial charge < -0.3 is 5.11 Å². The van der Waals surface area contributed by atoms with E-state index < -0.39 is 17.7 Å². The molecule has 17 heavy (non-hydrogen) atoms. The highest BCUT2D eigenvalue weighted by Crippen LogP contribution is 2.20. The van der Waals surface area contributed by atoms with E-state index in [0.717, 1.165) is 6.07 Å². The highest BCUT2D eigenvalue weighted by molar-refractivity contribution is 5.21. The van der Waals surface area contributed by atoms with Crippen LogP contribution in [0.5, 0.6) is 0 Å². The fraction of sp³-hybridized carbons (Fsp3) is 0.167. The second-order valence-corrected chi connectivity index (χ2v) is 3.60. The third kappa shape index (κ3) is 2.62. The Morgan fingerprint density at radius 2 is 1.88 bits per heavy atom. The Kier molecular flexibility index (Phi) is 3.39. The van der Waals surface area contributed by atoms with Crippen molar-refractivity contribution in [1.82, 2.24) is 9.97 Å². The molecule has 1 heterocycles. The molecule has 5 heteroatoms. The largest absolute Gasteiger partial charge is 0.388 e. The zero-order chi connectivity index (χ0) is 12.3. The molecule has 0 radical (unpaired) electrons. The van der Waals surface area contributed by atoms with Crippen molar-refractivity contribution in [3.8, 4) is 0 Å². The standard InChI is InChI=1S/C12H10F2N2O/c13-10-3-1-2-8(12(10)14)4-11(17)9-5-15-7-16-6-9/h1-3,5-7,11,17H,4H2. The molecule has 3 nitrogen and oxygen atoms in total. The summed E-state index contributed by atoms with van der Waals surface area (Å²) in [5.74, 6) is -1.84. The van der Waals surface area contributed by atoms with E-state index >= 15 is 0 Å². The van der Waals surface area contributed by atoms with Gasteiger partial charge in [0.15, 0.2) is 11.6 Å². The number of hydrogen-bond donors (Lipinski definition) is 1. The summed E-state index contributed by atoms with van der Waals surface area (Å²) in [5, 5.41) is 9.82. The molecule has 0 aliphatic carbocycles. The maximum atomic E-state index is 13.4. The first-order valence-electron chi connectivity index (χ1n) is 5.04. The van der Waals surface area contributed by atoms with Crippen LogP contribution in [0.3, 0.4) is 0 Å². The molecule has 1 N–H and O–H groups in total. The van der Waals surface area contributed by atoms with Crippen LogP contribution in [0.1, 0.15) is 17.2 Å². The average Bonchev–Trinajstić information content (AvgIpc) is 2.36. The monoisotopic (exact) mass is 236 g/mol. The van der Waals surface area contributed by atoms with Crippen molar-refractivity contribution < 1.29 is 13.9 Å². The quantitative estimate of drug-likeness (QED) is 0.886.